The molecule has 0 spiro atoms. The summed E-state index contributed by atoms with van der Waals surface area (Å²) >= 11 is 3.74. The lowest BCUT2D eigenvalue weighted by Gasteiger charge is -2.42. The summed E-state index contributed by atoms with van der Waals surface area (Å²) < 4.78 is 1.20. The van der Waals surface area contributed by atoms with E-state index in [1.54, 1.807) is 0 Å². The van der Waals surface area contributed by atoms with E-state index >= 15 is 0 Å². The molecule has 3 heteroatoms. The Hall–Kier alpha value is -0.540. The van der Waals surface area contributed by atoms with Crippen LogP contribution in [0.1, 0.15) is 50.6 Å². The maximum absolute atomic E-state index is 5.96. The zero-order chi connectivity index (χ0) is 14.1. The van der Waals surface area contributed by atoms with E-state index in [2.05, 4.69) is 39.0 Å². The fourth-order valence-electron chi connectivity index (χ4n) is 3.88. The predicted molar refractivity (Wildman–Crippen MR) is 89.0 cm³/mol. The van der Waals surface area contributed by atoms with Crippen LogP contribution >= 0.6 is 15.9 Å². The fourth-order valence-corrected chi connectivity index (χ4v) is 4.53. The van der Waals surface area contributed by atoms with Crippen molar-refractivity contribution in [2.45, 2.75) is 45.1 Å². The van der Waals surface area contributed by atoms with E-state index in [4.69, 9.17) is 5.73 Å². The molecule has 1 aromatic rings. The first kappa shape index (κ1) is 14.4. The minimum atomic E-state index is 0.101. The lowest BCUT2D eigenvalue weighted by molar-refractivity contribution is 0.202. The van der Waals surface area contributed by atoms with Crippen molar-refractivity contribution in [2.24, 2.45) is 17.6 Å². The number of fused-ring (bicyclic) bond motifs is 1. The lowest BCUT2D eigenvalue weighted by Crippen LogP contribution is -2.42. The number of nitrogens with zero attached hydrogens (tertiary/aromatic N) is 1. The first-order chi connectivity index (χ1) is 9.65. The number of halogens is 1. The standard InChI is InChI=1S/C17H25BrN2/c1-12(19)14-6-7-17(16(18)10-14)20-9-8-13-4-2-3-5-15(13)11-20/h6-7,10,12-13,15H,2-5,8-9,11,19H2,1H3/t12-,13?,15?/m1/s1. The van der Waals surface area contributed by atoms with Gasteiger partial charge in [-0.2, -0.15) is 0 Å². The molecule has 2 aliphatic rings. The van der Waals surface area contributed by atoms with Crippen molar-refractivity contribution < 1.29 is 0 Å². The molecule has 110 valence electrons. The van der Waals surface area contributed by atoms with E-state index < -0.39 is 0 Å². The van der Waals surface area contributed by atoms with Gasteiger partial charge in [-0.1, -0.05) is 25.3 Å². The molecule has 2 fully saturated rings. The average Bonchev–Trinajstić information content (AvgIpc) is 2.46. The molecule has 1 aliphatic heterocycles. The van der Waals surface area contributed by atoms with Crippen molar-refractivity contribution >= 4 is 21.6 Å². The number of nitrogens with two attached hydrogens (primary N) is 1. The Balaban J connectivity index is 1.76. The topological polar surface area (TPSA) is 29.3 Å². The number of benzene rings is 1. The lowest BCUT2D eigenvalue weighted by atomic mass is 9.75. The molecule has 2 nitrogen and oxygen atoms in total. The molecule has 2 unspecified atom stereocenters. The zero-order valence-electron chi connectivity index (χ0n) is 12.3. The van der Waals surface area contributed by atoms with Crippen LogP contribution in [-0.4, -0.2) is 13.1 Å². The summed E-state index contributed by atoms with van der Waals surface area (Å²) in [6, 6.07) is 6.71. The second kappa shape index (κ2) is 6.07. The normalized spacial score (nSPS) is 28.1. The van der Waals surface area contributed by atoms with Gasteiger partial charge in [-0.15, -0.1) is 0 Å². The molecule has 2 N–H and O–H groups in total. The highest BCUT2D eigenvalue weighted by Gasteiger charge is 2.31. The summed E-state index contributed by atoms with van der Waals surface area (Å²) in [7, 11) is 0. The van der Waals surface area contributed by atoms with E-state index in [0.717, 1.165) is 11.8 Å². The molecule has 0 radical (unpaired) electrons. The van der Waals surface area contributed by atoms with Gasteiger partial charge in [-0.25, -0.2) is 0 Å². The number of rotatable bonds is 2. The Kier molecular flexibility index (Phi) is 4.37. The van der Waals surface area contributed by atoms with Crippen LogP contribution in [0.15, 0.2) is 22.7 Å². The van der Waals surface area contributed by atoms with Gasteiger partial charge in [0, 0.05) is 23.6 Å². The van der Waals surface area contributed by atoms with Gasteiger partial charge in [0.05, 0.1) is 5.69 Å². The van der Waals surface area contributed by atoms with Gasteiger partial charge >= 0.3 is 0 Å². The smallest absolute Gasteiger partial charge is 0.0510 e. The highest BCUT2D eigenvalue weighted by Crippen LogP contribution is 2.39. The van der Waals surface area contributed by atoms with Gasteiger partial charge in [0.25, 0.3) is 0 Å². The Labute approximate surface area is 130 Å². The molecule has 1 aliphatic carbocycles. The van der Waals surface area contributed by atoms with Crippen molar-refractivity contribution in [2.75, 3.05) is 18.0 Å². The summed E-state index contributed by atoms with van der Waals surface area (Å²) in [6.07, 6.45) is 7.14. The first-order valence-corrected chi connectivity index (χ1v) is 8.74. The van der Waals surface area contributed by atoms with Crippen molar-refractivity contribution in [3.63, 3.8) is 0 Å². The number of piperidine rings is 1. The van der Waals surface area contributed by atoms with Crippen LogP contribution in [-0.2, 0) is 0 Å². The van der Waals surface area contributed by atoms with E-state index in [1.165, 1.54) is 60.9 Å². The highest BCUT2D eigenvalue weighted by atomic mass is 79.9. The quantitative estimate of drug-likeness (QED) is 0.862. The van der Waals surface area contributed by atoms with Crippen LogP contribution in [0.4, 0.5) is 5.69 Å². The molecule has 1 saturated heterocycles. The van der Waals surface area contributed by atoms with E-state index in [1.807, 2.05) is 6.92 Å². The van der Waals surface area contributed by atoms with Crippen molar-refractivity contribution in [1.82, 2.24) is 0 Å². The molecule has 1 aromatic carbocycles. The van der Waals surface area contributed by atoms with Crippen molar-refractivity contribution in [3.05, 3.63) is 28.2 Å². The molecule has 0 bridgehead atoms. The minimum absolute atomic E-state index is 0.101. The van der Waals surface area contributed by atoms with Crippen molar-refractivity contribution in [3.8, 4) is 0 Å². The first-order valence-electron chi connectivity index (χ1n) is 7.95. The van der Waals surface area contributed by atoms with Crippen LogP contribution in [0.5, 0.6) is 0 Å². The third-order valence-electron chi connectivity index (χ3n) is 5.13. The molecule has 0 amide bonds. The van der Waals surface area contributed by atoms with Crippen molar-refractivity contribution in [1.29, 1.82) is 0 Å². The largest absolute Gasteiger partial charge is 0.370 e. The highest BCUT2D eigenvalue weighted by molar-refractivity contribution is 9.10. The monoisotopic (exact) mass is 336 g/mol. The van der Waals surface area contributed by atoms with Gasteiger partial charge < -0.3 is 10.6 Å². The summed E-state index contributed by atoms with van der Waals surface area (Å²) in [5, 5.41) is 0. The summed E-state index contributed by atoms with van der Waals surface area (Å²) in [6.45, 7) is 4.48. The van der Waals surface area contributed by atoms with Gasteiger partial charge in [0.1, 0.15) is 0 Å². The van der Waals surface area contributed by atoms with Crippen LogP contribution in [0.3, 0.4) is 0 Å². The fraction of sp³-hybridized carbons (Fsp3) is 0.647. The van der Waals surface area contributed by atoms with Crippen LogP contribution in [0.2, 0.25) is 0 Å². The van der Waals surface area contributed by atoms with E-state index in [-0.39, 0.29) is 6.04 Å². The van der Waals surface area contributed by atoms with Crippen LogP contribution in [0, 0.1) is 11.8 Å². The molecular formula is C17H25BrN2. The average molecular weight is 337 g/mol. The van der Waals surface area contributed by atoms with Crippen LogP contribution in [0.25, 0.3) is 0 Å². The predicted octanol–water partition coefficient (Wildman–Crippen LogP) is 4.49. The zero-order valence-corrected chi connectivity index (χ0v) is 13.9. The van der Waals surface area contributed by atoms with Gasteiger partial charge in [-0.3, -0.25) is 0 Å². The minimum Gasteiger partial charge on any atom is -0.370 e. The molecule has 3 rings (SSSR count). The SMILES string of the molecule is C[C@@H](N)c1ccc(N2CCC3CCCCC3C2)c(Br)c1. The van der Waals surface area contributed by atoms with Crippen LogP contribution < -0.4 is 10.6 Å². The maximum atomic E-state index is 5.96. The Bertz CT molecular complexity index is 472. The molecule has 1 saturated carbocycles. The number of hydrogen-bond acceptors (Lipinski definition) is 2. The summed E-state index contributed by atoms with van der Waals surface area (Å²) in [4.78, 5) is 2.57. The van der Waals surface area contributed by atoms with Gasteiger partial charge in [0.2, 0.25) is 0 Å². The molecular weight excluding hydrogens is 312 g/mol. The van der Waals surface area contributed by atoms with E-state index in [0.29, 0.717) is 0 Å². The molecule has 1 heterocycles. The summed E-state index contributed by atoms with van der Waals surface area (Å²) in [5.74, 6) is 1.90. The molecule has 20 heavy (non-hydrogen) atoms. The Morgan fingerprint density at radius 2 is 1.95 bits per heavy atom. The van der Waals surface area contributed by atoms with E-state index in [9.17, 15) is 0 Å². The molecule has 0 aromatic heterocycles. The number of anilines is 1. The Morgan fingerprint density at radius 1 is 1.20 bits per heavy atom. The third kappa shape index (κ3) is 2.89. The Morgan fingerprint density at radius 3 is 2.65 bits per heavy atom. The summed E-state index contributed by atoms with van der Waals surface area (Å²) in [5.41, 5.74) is 8.51. The van der Waals surface area contributed by atoms with Gasteiger partial charge in [-0.05, 0) is 65.2 Å². The molecule has 3 atom stereocenters. The third-order valence-corrected chi connectivity index (χ3v) is 5.76. The maximum Gasteiger partial charge on any atom is 0.0510 e. The second-order valence-corrected chi connectivity index (χ2v) is 7.39. The van der Waals surface area contributed by atoms with Gasteiger partial charge in [0.15, 0.2) is 0 Å². The second-order valence-electron chi connectivity index (χ2n) is 6.54. The number of hydrogen-bond donors (Lipinski definition) is 1.